The number of benzene rings is 1. The fraction of sp³-hybridized carbons (Fsp3) is 0. The first-order chi connectivity index (χ1) is 8.56. The lowest BCUT2D eigenvalue weighted by molar-refractivity contribution is 0.102. The molecule has 0 bridgehead atoms. The molecule has 7 heteroatoms. The van der Waals surface area contributed by atoms with E-state index in [4.69, 9.17) is 11.6 Å². The molecule has 2 rings (SSSR count). The Bertz CT molecular complexity index is 607. The first kappa shape index (κ1) is 13.5. The van der Waals surface area contributed by atoms with Gasteiger partial charge in [-0.3, -0.25) is 9.78 Å². The van der Waals surface area contributed by atoms with Crippen molar-refractivity contribution in [3.8, 4) is 0 Å². The zero-order chi connectivity index (χ0) is 13.1. The molecule has 0 saturated heterocycles. The lowest BCUT2D eigenvalue weighted by Crippen LogP contribution is -2.14. The lowest BCUT2D eigenvalue weighted by atomic mass is 10.3. The number of hydrogen-bond acceptors (Lipinski definition) is 3. The van der Waals surface area contributed by atoms with E-state index in [1.165, 1.54) is 12.4 Å². The van der Waals surface area contributed by atoms with Crippen LogP contribution in [0, 0.1) is 0 Å². The van der Waals surface area contributed by atoms with Crippen LogP contribution in [0.25, 0.3) is 0 Å². The predicted octanol–water partition coefficient (Wildman–Crippen LogP) is 3.91. The molecule has 1 N–H and O–H groups in total. The van der Waals surface area contributed by atoms with Gasteiger partial charge in [-0.15, -0.1) is 0 Å². The molecule has 4 nitrogen and oxygen atoms in total. The van der Waals surface area contributed by atoms with E-state index in [1.54, 1.807) is 6.07 Å². The third-order valence-corrected chi connectivity index (χ3v) is 3.35. The minimum absolute atomic E-state index is 0.164. The Kier molecular flexibility index (Phi) is 4.31. The van der Waals surface area contributed by atoms with Crippen LogP contribution in [0.4, 0.5) is 5.69 Å². The number of nitrogens with one attached hydrogen (secondary N) is 1. The molecule has 1 aromatic carbocycles. The number of nitrogens with zero attached hydrogens (tertiary/aromatic N) is 2. The number of anilines is 1. The smallest absolute Gasteiger partial charge is 0.275 e. The molecule has 2 aromatic rings. The molecule has 92 valence electrons. The number of amides is 1. The van der Waals surface area contributed by atoms with Crippen molar-refractivity contribution in [2.24, 2.45) is 0 Å². The highest BCUT2D eigenvalue weighted by Gasteiger charge is 2.10. The van der Waals surface area contributed by atoms with Crippen molar-refractivity contribution in [2.75, 3.05) is 5.32 Å². The summed E-state index contributed by atoms with van der Waals surface area (Å²) in [7, 11) is 0. The Morgan fingerprint density at radius 2 is 2.06 bits per heavy atom. The Morgan fingerprint density at radius 1 is 1.28 bits per heavy atom. The standard InChI is InChI=1S/C11H6Br2ClN3O/c12-6-1-2-8(7(13)3-6)17-11(18)9-4-15-5-10(14)16-9/h1-5H,(H,17,18). The number of carbonyl (C=O) groups excluding carboxylic acids is 1. The number of hydrogen-bond donors (Lipinski definition) is 1. The summed E-state index contributed by atoms with van der Waals surface area (Å²) in [6, 6.07) is 5.42. The maximum absolute atomic E-state index is 11.9. The quantitative estimate of drug-likeness (QED) is 0.845. The van der Waals surface area contributed by atoms with E-state index >= 15 is 0 Å². The van der Waals surface area contributed by atoms with Crippen LogP contribution >= 0.6 is 43.5 Å². The Balaban J connectivity index is 2.21. The van der Waals surface area contributed by atoms with Crippen LogP contribution in [0.15, 0.2) is 39.5 Å². The minimum Gasteiger partial charge on any atom is -0.320 e. The Hall–Kier alpha value is -0.980. The average molecular weight is 391 g/mol. The highest BCUT2D eigenvalue weighted by atomic mass is 79.9. The van der Waals surface area contributed by atoms with Gasteiger partial charge in [-0.25, -0.2) is 4.98 Å². The minimum atomic E-state index is -0.368. The topological polar surface area (TPSA) is 54.9 Å². The monoisotopic (exact) mass is 389 g/mol. The molecule has 0 aliphatic rings. The molecule has 0 aliphatic carbocycles. The number of carbonyl (C=O) groups is 1. The second-order valence-electron chi connectivity index (χ2n) is 3.31. The van der Waals surface area contributed by atoms with Crippen molar-refractivity contribution in [1.29, 1.82) is 0 Å². The highest BCUT2D eigenvalue weighted by Crippen LogP contribution is 2.26. The van der Waals surface area contributed by atoms with Crippen LogP contribution in [-0.4, -0.2) is 15.9 Å². The van der Waals surface area contributed by atoms with Crippen LogP contribution in [0.3, 0.4) is 0 Å². The fourth-order valence-corrected chi connectivity index (χ4v) is 2.52. The van der Waals surface area contributed by atoms with Gasteiger partial charge in [0.2, 0.25) is 0 Å². The van der Waals surface area contributed by atoms with Crippen molar-refractivity contribution in [3.63, 3.8) is 0 Å². The van der Waals surface area contributed by atoms with Gasteiger partial charge in [0, 0.05) is 8.95 Å². The number of aromatic nitrogens is 2. The van der Waals surface area contributed by atoms with E-state index in [-0.39, 0.29) is 16.8 Å². The summed E-state index contributed by atoms with van der Waals surface area (Å²) >= 11 is 12.4. The molecule has 0 spiro atoms. The predicted molar refractivity (Wildman–Crippen MR) is 76.8 cm³/mol. The van der Waals surface area contributed by atoms with Crippen molar-refractivity contribution in [2.45, 2.75) is 0 Å². The van der Waals surface area contributed by atoms with Gasteiger partial charge in [0.1, 0.15) is 10.8 Å². The molecule has 0 atom stereocenters. The molecule has 1 aromatic heterocycles. The average Bonchev–Trinajstić information content (AvgIpc) is 2.32. The summed E-state index contributed by atoms with van der Waals surface area (Å²) in [5.41, 5.74) is 0.808. The van der Waals surface area contributed by atoms with E-state index in [1.807, 2.05) is 12.1 Å². The molecular weight excluding hydrogens is 385 g/mol. The normalized spacial score (nSPS) is 10.2. The maximum Gasteiger partial charge on any atom is 0.275 e. The molecule has 0 saturated carbocycles. The first-order valence-corrected chi connectivity index (χ1v) is 6.76. The lowest BCUT2D eigenvalue weighted by Gasteiger charge is -2.07. The summed E-state index contributed by atoms with van der Waals surface area (Å²) in [6.07, 6.45) is 2.72. The van der Waals surface area contributed by atoms with Crippen LogP contribution in [0.2, 0.25) is 5.15 Å². The van der Waals surface area contributed by atoms with Crippen LogP contribution in [0.5, 0.6) is 0 Å². The van der Waals surface area contributed by atoms with Gasteiger partial charge >= 0.3 is 0 Å². The Labute approximate surface area is 125 Å². The highest BCUT2D eigenvalue weighted by molar-refractivity contribution is 9.11. The maximum atomic E-state index is 11.9. The second-order valence-corrected chi connectivity index (χ2v) is 5.46. The van der Waals surface area contributed by atoms with Crippen molar-refractivity contribution in [3.05, 3.63) is 50.4 Å². The van der Waals surface area contributed by atoms with E-state index in [0.29, 0.717) is 5.69 Å². The van der Waals surface area contributed by atoms with Crippen molar-refractivity contribution in [1.82, 2.24) is 9.97 Å². The molecule has 1 heterocycles. The second kappa shape index (κ2) is 5.77. The van der Waals surface area contributed by atoms with Gasteiger partial charge in [-0.1, -0.05) is 27.5 Å². The van der Waals surface area contributed by atoms with E-state index in [9.17, 15) is 4.79 Å². The summed E-state index contributed by atoms with van der Waals surface area (Å²) in [5.74, 6) is -0.368. The van der Waals surface area contributed by atoms with Gasteiger partial charge in [0.25, 0.3) is 5.91 Å². The zero-order valence-electron chi connectivity index (χ0n) is 8.82. The van der Waals surface area contributed by atoms with Crippen LogP contribution in [0.1, 0.15) is 10.5 Å². The molecule has 0 aliphatic heterocycles. The Morgan fingerprint density at radius 3 is 2.72 bits per heavy atom. The molecular formula is C11H6Br2ClN3O. The van der Waals surface area contributed by atoms with Crippen molar-refractivity contribution < 1.29 is 4.79 Å². The van der Waals surface area contributed by atoms with E-state index < -0.39 is 0 Å². The summed E-state index contributed by atoms with van der Waals surface area (Å²) in [6.45, 7) is 0. The molecule has 0 fully saturated rings. The van der Waals surface area contributed by atoms with E-state index in [0.717, 1.165) is 8.95 Å². The van der Waals surface area contributed by atoms with Crippen molar-refractivity contribution >= 4 is 55.1 Å². The number of halogens is 3. The summed E-state index contributed by atoms with van der Waals surface area (Å²) < 4.78 is 1.68. The third-order valence-electron chi connectivity index (χ3n) is 2.02. The fourth-order valence-electron chi connectivity index (χ4n) is 1.23. The van der Waals surface area contributed by atoms with Crippen LogP contribution < -0.4 is 5.32 Å². The molecule has 0 unspecified atom stereocenters. The van der Waals surface area contributed by atoms with Gasteiger partial charge in [0.15, 0.2) is 0 Å². The third kappa shape index (κ3) is 3.28. The summed E-state index contributed by atoms with van der Waals surface area (Å²) in [4.78, 5) is 19.6. The first-order valence-electron chi connectivity index (χ1n) is 4.80. The number of rotatable bonds is 2. The van der Waals surface area contributed by atoms with Crippen LogP contribution in [-0.2, 0) is 0 Å². The molecule has 0 radical (unpaired) electrons. The molecule has 18 heavy (non-hydrogen) atoms. The van der Waals surface area contributed by atoms with Gasteiger partial charge < -0.3 is 5.32 Å². The zero-order valence-corrected chi connectivity index (χ0v) is 12.8. The molecule has 1 amide bonds. The largest absolute Gasteiger partial charge is 0.320 e. The van der Waals surface area contributed by atoms with Gasteiger partial charge in [-0.05, 0) is 34.1 Å². The van der Waals surface area contributed by atoms with Gasteiger partial charge in [0.05, 0.1) is 18.1 Å². The summed E-state index contributed by atoms with van der Waals surface area (Å²) in [5, 5.41) is 2.89. The van der Waals surface area contributed by atoms with E-state index in [2.05, 4.69) is 47.1 Å². The van der Waals surface area contributed by atoms with Gasteiger partial charge in [-0.2, -0.15) is 0 Å². The SMILES string of the molecule is O=C(Nc1ccc(Br)cc1Br)c1cncc(Cl)n1.